The van der Waals surface area contributed by atoms with E-state index in [0.29, 0.717) is 46.4 Å². The average molecular weight is 750 g/mol. The van der Waals surface area contributed by atoms with E-state index in [2.05, 4.69) is 16.0 Å². The third-order valence-electron chi connectivity index (χ3n) is 8.34. The summed E-state index contributed by atoms with van der Waals surface area (Å²) in [6, 6.07) is 47.7. The fourth-order valence-corrected chi connectivity index (χ4v) is 6.49. The minimum atomic E-state index is -0.605. The highest BCUT2D eigenvalue weighted by Crippen LogP contribution is 2.38. The van der Waals surface area contributed by atoms with Gasteiger partial charge in [-0.25, -0.2) is 0 Å². The maximum Gasteiger partial charge on any atom is 0.272 e. The molecule has 6 aromatic carbocycles. The Balaban J connectivity index is 1.17. The van der Waals surface area contributed by atoms with Crippen molar-refractivity contribution < 1.29 is 28.6 Å². The van der Waals surface area contributed by atoms with Gasteiger partial charge in [0.1, 0.15) is 34.8 Å². The molecule has 0 saturated carbocycles. The van der Waals surface area contributed by atoms with Crippen LogP contribution in [-0.2, 0) is 16.2 Å². The smallest absolute Gasteiger partial charge is 0.272 e. The first-order valence-electron chi connectivity index (χ1n) is 17.4. The number of thioether (sulfide) groups is 1. The minimum absolute atomic E-state index is 0.0556. The highest BCUT2D eigenvalue weighted by atomic mass is 32.2. The molecule has 0 spiro atoms. The molecule has 1 unspecified atom stereocenters. The van der Waals surface area contributed by atoms with Crippen molar-refractivity contribution in [3.05, 3.63) is 186 Å². The molecule has 0 aliphatic carbocycles. The van der Waals surface area contributed by atoms with E-state index in [1.807, 2.05) is 103 Å². The third-order valence-corrected chi connectivity index (χ3v) is 9.61. The molecule has 0 fully saturated rings. The van der Waals surface area contributed by atoms with Crippen LogP contribution in [0.1, 0.15) is 32.3 Å². The van der Waals surface area contributed by atoms with Crippen LogP contribution in [0, 0.1) is 0 Å². The van der Waals surface area contributed by atoms with Gasteiger partial charge in [0.05, 0.1) is 19.9 Å². The lowest BCUT2D eigenvalue weighted by Crippen LogP contribution is -2.30. The van der Waals surface area contributed by atoms with Crippen LogP contribution in [0.2, 0.25) is 0 Å². The van der Waals surface area contributed by atoms with Gasteiger partial charge in [0.15, 0.2) is 0 Å². The van der Waals surface area contributed by atoms with Crippen molar-refractivity contribution in [1.82, 2.24) is 5.32 Å². The van der Waals surface area contributed by atoms with E-state index in [-0.39, 0.29) is 11.6 Å². The second-order valence-corrected chi connectivity index (χ2v) is 13.3. The first-order chi connectivity index (χ1) is 26.9. The van der Waals surface area contributed by atoms with E-state index in [1.54, 1.807) is 67.8 Å². The fourth-order valence-electron chi connectivity index (χ4n) is 5.46. The lowest BCUT2D eigenvalue weighted by atomic mass is 10.1. The maximum atomic E-state index is 13.8. The molecule has 3 amide bonds. The maximum absolute atomic E-state index is 13.8. The van der Waals surface area contributed by atoms with Crippen LogP contribution in [0.25, 0.3) is 6.08 Å². The zero-order chi connectivity index (χ0) is 38.4. The molecule has 55 heavy (non-hydrogen) atoms. The Morgan fingerprint density at radius 2 is 1.31 bits per heavy atom. The molecule has 6 aromatic rings. The quantitative estimate of drug-likeness (QED) is 0.0709. The summed E-state index contributed by atoms with van der Waals surface area (Å²) in [7, 11) is 3.10. The molecule has 0 aromatic heterocycles. The second-order valence-electron chi connectivity index (χ2n) is 12.2. The van der Waals surface area contributed by atoms with E-state index in [0.717, 1.165) is 16.0 Å². The number of benzene rings is 6. The number of amides is 3. The Kier molecular flexibility index (Phi) is 13.0. The van der Waals surface area contributed by atoms with Crippen LogP contribution in [0.4, 0.5) is 11.4 Å². The molecule has 0 bridgehead atoms. The van der Waals surface area contributed by atoms with E-state index in [1.165, 1.54) is 18.9 Å². The van der Waals surface area contributed by atoms with Gasteiger partial charge >= 0.3 is 0 Å². The van der Waals surface area contributed by atoms with Crippen LogP contribution >= 0.6 is 11.8 Å². The lowest BCUT2D eigenvalue weighted by molar-refractivity contribution is -0.116. The van der Waals surface area contributed by atoms with Gasteiger partial charge in [-0.2, -0.15) is 0 Å². The Hall–Kier alpha value is -6.78. The van der Waals surface area contributed by atoms with Gasteiger partial charge in [-0.05, 0) is 83.4 Å². The predicted molar refractivity (Wildman–Crippen MR) is 217 cm³/mol. The third kappa shape index (κ3) is 10.6. The Morgan fingerprint density at radius 1 is 0.673 bits per heavy atom. The van der Waals surface area contributed by atoms with E-state index in [4.69, 9.17) is 14.2 Å². The molecular formula is C45H39N3O6S. The Morgan fingerprint density at radius 3 is 1.96 bits per heavy atom. The number of rotatable bonds is 15. The van der Waals surface area contributed by atoms with Crippen LogP contribution in [-0.4, -0.2) is 31.9 Å². The number of anilines is 2. The van der Waals surface area contributed by atoms with Crippen molar-refractivity contribution in [1.29, 1.82) is 0 Å². The van der Waals surface area contributed by atoms with Gasteiger partial charge in [-0.3, -0.25) is 14.4 Å². The summed E-state index contributed by atoms with van der Waals surface area (Å²) in [4.78, 5) is 41.4. The first kappa shape index (κ1) is 38.0. The van der Waals surface area contributed by atoms with Crippen molar-refractivity contribution in [3.63, 3.8) is 0 Å². The van der Waals surface area contributed by atoms with E-state index < -0.39 is 17.1 Å². The number of carbonyl (C=O) groups is 3. The van der Waals surface area contributed by atoms with Gasteiger partial charge in [-0.15, -0.1) is 11.8 Å². The van der Waals surface area contributed by atoms with Crippen LogP contribution < -0.4 is 30.2 Å². The highest BCUT2D eigenvalue weighted by molar-refractivity contribution is 8.00. The summed E-state index contributed by atoms with van der Waals surface area (Å²) in [6.45, 7) is 0.424. The topological polar surface area (TPSA) is 115 Å². The van der Waals surface area contributed by atoms with Gasteiger partial charge in [-0.1, -0.05) is 91.0 Å². The summed E-state index contributed by atoms with van der Waals surface area (Å²) in [6.07, 6.45) is 1.61. The number of ether oxygens (including phenoxy) is 3. The zero-order valence-corrected chi connectivity index (χ0v) is 31.0. The van der Waals surface area contributed by atoms with Crippen LogP contribution in [0.3, 0.4) is 0 Å². The average Bonchev–Trinajstić information content (AvgIpc) is 3.23. The molecule has 3 N–H and O–H groups in total. The largest absolute Gasteiger partial charge is 0.497 e. The summed E-state index contributed by atoms with van der Waals surface area (Å²) in [5, 5.41) is 8.07. The number of hydrogen-bond donors (Lipinski definition) is 3. The standard InChI is InChI=1S/C45H39N3O6S/c1-52-37-24-27-39(41(29-37)53-2)47-45(51)42(33-14-8-4-9-15-33)55-38-25-20-35(21-26-38)46-44(50)40(48-43(49)34-16-10-5-11-17-34)28-31-18-22-36(23-19-31)54-30-32-12-6-3-7-13-32/h3-29,42H,30H2,1-2H3,(H,46,50)(H,47,51)(H,48,49)/b40-28-. The molecule has 0 saturated heterocycles. The second kappa shape index (κ2) is 18.8. The van der Waals surface area contributed by atoms with Crippen LogP contribution in [0.5, 0.6) is 17.2 Å². The van der Waals surface area contributed by atoms with E-state index >= 15 is 0 Å². The van der Waals surface area contributed by atoms with Crippen molar-refractivity contribution in [2.45, 2.75) is 16.8 Å². The summed E-state index contributed by atoms with van der Waals surface area (Å²) >= 11 is 1.37. The van der Waals surface area contributed by atoms with Crippen LogP contribution in [0.15, 0.2) is 168 Å². The highest BCUT2D eigenvalue weighted by Gasteiger charge is 2.24. The van der Waals surface area contributed by atoms with Gasteiger partial charge < -0.3 is 30.2 Å². The number of nitrogens with one attached hydrogen (secondary N) is 3. The molecule has 6 rings (SSSR count). The molecule has 0 aliphatic heterocycles. The van der Waals surface area contributed by atoms with Crippen molar-refractivity contribution >= 4 is 46.9 Å². The van der Waals surface area contributed by atoms with Crippen molar-refractivity contribution in [2.24, 2.45) is 0 Å². The molecule has 1 atom stereocenters. The van der Waals surface area contributed by atoms with Gasteiger partial charge in [0.2, 0.25) is 5.91 Å². The van der Waals surface area contributed by atoms with Gasteiger partial charge in [0, 0.05) is 22.2 Å². The molecule has 10 heteroatoms. The predicted octanol–water partition coefficient (Wildman–Crippen LogP) is 9.16. The lowest BCUT2D eigenvalue weighted by Gasteiger charge is -2.19. The number of hydrogen-bond acceptors (Lipinski definition) is 7. The van der Waals surface area contributed by atoms with Crippen molar-refractivity contribution in [3.8, 4) is 17.2 Å². The molecule has 0 heterocycles. The summed E-state index contributed by atoms with van der Waals surface area (Å²) in [5.41, 5.74) is 4.04. The number of carbonyl (C=O) groups excluding carboxylic acids is 3. The molecule has 0 aliphatic rings. The monoisotopic (exact) mass is 749 g/mol. The molecule has 276 valence electrons. The fraction of sp³-hybridized carbons (Fsp3) is 0.0889. The summed E-state index contributed by atoms with van der Waals surface area (Å²) < 4.78 is 16.7. The molecule has 0 radical (unpaired) electrons. The zero-order valence-electron chi connectivity index (χ0n) is 30.2. The SMILES string of the molecule is COc1ccc(NC(=O)C(Sc2ccc(NC(=O)/C(=C/c3ccc(OCc4ccccc4)cc3)NC(=O)c3ccccc3)cc2)c2ccccc2)c(OC)c1. The molecular weight excluding hydrogens is 711 g/mol. The normalized spacial score (nSPS) is 11.5. The minimum Gasteiger partial charge on any atom is -0.497 e. The Bertz CT molecular complexity index is 2230. The van der Waals surface area contributed by atoms with E-state index in [9.17, 15) is 14.4 Å². The Labute approximate surface area is 324 Å². The van der Waals surface area contributed by atoms with Crippen molar-refractivity contribution in [2.75, 3.05) is 24.9 Å². The summed E-state index contributed by atoms with van der Waals surface area (Å²) in [5.74, 6) is 0.583. The first-order valence-corrected chi connectivity index (χ1v) is 18.3. The molecule has 9 nitrogen and oxygen atoms in total. The number of methoxy groups -OCH3 is 2. The van der Waals surface area contributed by atoms with Gasteiger partial charge in [0.25, 0.3) is 11.8 Å².